The van der Waals surface area contributed by atoms with E-state index in [0.29, 0.717) is 28.4 Å². The summed E-state index contributed by atoms with van der Waals surface area (Å²) in [6, 6.07) is 14.4. The Balaban J connectivity index is 1.78. The fourth-order valence-electron chi connectivity index (χ4n) is 6.05. The van der Waals surface area contributed by atoms with Crippen LogP contribution in [0.3, 0.4) is 0 Å². The molecule has 0 fully saturated rings. The number of ether oxygens (including phenoxy) is 1. The van der Waals surface area contributed by atoms with Crippen molar-refractivity contribution in [3.05, 3.63) is 80.7 Å². The summed E-state index contributed by atoms with van der Waals surface area (Å²) in [7, 11) is 0. The van der Waals surface area contributed by atoms with Crippen LogP contribution in [0.15, 0.2) is 42.5 Å². The van der Waals surface area contributed by atoms with E-state index in [0.717, 1.165) is 67.2 Å². The van der Waals surface area contributed by atoms with Crippen LogP contribution >= 0.6 is 23.2 Å². The van der Waals surface area contributed by atoms with Crippen molar-refractivity contribution in [1.82, 2.24) is 9.97 Å². The topological polar surface area (TPSA) is 61.0 Å². The first kappa shape index (κ1) is 28.0. The number of benzene rings is 2. The van der Waals surface area contributed by atoms with Crippen molar-refractivity contribution in [3.8, 4) is 11.3 Å². The van der Waals surface area contributed by atoms with E-state index in [4.69, 9.17) is 43.6 Å². The minimum Gasteiger partial charge on any atom is -0.381 e. The summed E-state index contributed by atoms with van der Waals surface area (Å²) in [5.74, 6) is 1.12. The molecule has 1 heterocycles. The van der Waals surface area contributed by atoms with Crippen LogP contribution in [0, 0.1) is 11.8 Å². The molecule has 6 heteroatoms. The number of aryl methyl sites for hydroxylation is 3. The summed E-state index contributed by atoms with van der Waals surface area (Å²) in [4.78, 5) is 10.4. The molecule has 0 spiro atoms. The summed E-state index contributed by atoms with van der Waals surface area (Å²) in [6.45, 7) is 10.7. The highest BCUT2D eigenvalue weighted by molar-refractivity contribution is 6.36. The molecule has 2 aromatic carbocycles. The zero-order valence-corrected chi connectivity index (χ0v) is 23.9. The molecule has 37 heavy (non-hydrogen) atoms. The number of nitrogens with two attached hydrogens (primary N) is 1. The number of fused-ring (bicyclic) bond motifs is 1. The molecule has 4 atom stereocenters. The van der Waals surface area contributed by atoms with Crippen molar-refractivity contribution in [3.63, 3.8) is 0 Å². The summed E-state index contributed by atoms with van der Waals surface area (Å²) >= 11 is 12.8. The first-order valence-corrected chi connectivity index (χ1v) is 14.4. The predicted octanol–water partition coefficient (Wildman–Crippen LogP) is 7.64. The number of aromatic nitrogens is 2. The molecule has 1 aromatic heterocycles. The van der Waals surface area contributed by atoms with Gasteiger partial charge in [-0.1, -0.05) is 68.2 Å². The fraction of sp³-hybridized carbons (Fsp3) is 0.484. The van der Waals surface area contributed by atoms with Crippen molar-refractivity contribution in [2.75, 3.05) is 19.8 Å². The second-order valence-corrected chi connectivity index (χ2v) is 10.9. The Hall–Kier alpha value is -1.98. The minimum absolute atomic E-state index is 0.146. The van der Waals surface area contributed by atoms with Crippen LogP contribution in [0.5, 0.6) is 0 Å². The number of halogens is 2. The Kier molecular flexibility index (Phi) is 9.63. The molecule has 0 aliphatic heterocycles. The van der Waals surface area contributed by atoms with E-state index in [-0.39, 0.29) is 11.8 Å². The summed E-state index contributed by atoms with van der Waals surface area (Å²) in [5, 5.41) is 1.21. The zero-order chi connectivity index (χ0) is 26.5. The van der Waals surface area contributed by atoms with Gasteiger partial charge in [-0.05, 0) is 86.2 Å². The molecule has 2 N–H and O–H groups in total. The molecule has 1 aliphatic rings. The quantitative estimate of drug-likeness (QED) is 0.287. The summed E-state index contributed by atoms with van der Waals surface area (Å²) in [6.07, 6.45) is 3.76. The van der Waals surface area contributed by atoms with Crippen LogP contribution in [-0.4, -0.2) is 29.7 Å². The second kappa shape index (κ2) is 12.7. The van der Waals surface area contributed by atoms with Gasteiger partial charge in [0.1, 0.15) is 0 Å². The van der Waals surface area contributed by atoms with E-state index in [9.17, 15) is 0 Å². The minimum atomic E-state index is 0.146. The predicted molar refractivity (Wildman–Crippen MR) is 155 cm³/mol. The Morgan fingerprint density at radius 1 is 1.03 bits per heavy atom. The van der Waals surface area contributed by atoms with Gasteiger partial charge in [0, 0.05) is 29.7 Å². The largest absolute Gasteiger partial charge is 0.381 e. The van der Waals surface area contributed by atoms with E-state index in [1.54, 1.807) is 6.07 Å². The maximum atomic E-state index is 6.59. The third-order valence-electron chi connectivity index (χ3n) is 7.98. The van der Waals surface area contributed by atoms with Crippen molar-refractivity contribution in [2.45, 2.75) is 65.2 Å². The lowest BCUT2D eigenvalue weighted by Crippen LogP contribution is -2.37. The van der Waals surface area contributed by atoms with Gasteiger partial charge in [-0.15, -0.1) is 0 Å². The average molecular weight is 541 g/mol. The maximum absolute atomic E-state index is 6.59. The highest BCUT2D eigenvalue weighted by atomic mass is 35.5. The number of rotatable bonds is 10. The van der Waals surface area contributed by atoms with Crippen molar-refractivity contribution >= 4 is 23.2 Å². The van der Waals surface area contributed by atoms with E-state index in [2.05, 4.69) is 52.0 Å². The molecule has 0 saturated carbocycles. The smallest absolute Gasteiger partial charge is 0.0935 e. The van der Waals surface area contributed by atoms with Gasteiger partial charge in [0.15, 0.2) is 0 Å². The van der Waals surface area contributed by atoms with E-state index < -0.39 is 0 Å². The first-order chi connectivity index (χ1) is 17.9. The van der Waals surface area contributed by atoms with E-state index in [1.807, 2.05) is 12.1 Å². The first-order valence-electron chi connectivity index (χ1n) is 13.6. The standard InChI is InChI=1S/C31H39Cl2N3O/c1-5-27-30(35-28(6-2)31(36-27)24-15-14-22(32)16-26(24)33)19(4)25(17-34)29-21(18-37-7-3)13-12-20-10-8-9-11-23(20)29/h8-11,14-16,19,21,25,29H,5-7,12-13,17-18,34H2,1-4H3/t19?,21?,25?,29-/m1/s1. The van der Waals surface area contributed by atoms with Gasteiger partial charge in [0.25, 0.3) is 0 Å². The van der Waals surface area contributed by atoms with Crippen molar-refractivity contribution in [2.24, 2.45) is 17.6 Å². The Morgan fingerprint density at radius 3 is 2.46 bits per heavy atom. The maximum Gasteiger partial charge on any atom is 0.0935 e. The lowest BCUT2D eigenvalue weighted by atomic mass is 9.65. The Labute approximate surface area is 232 Å². The molecule has 0 amide bonds. The summed E-state index contributed by atoms with van der Waals surface area (Å²) in [5.41, 5.74) is 14.2. The Bertz CT molecular complexity index is 1220. The van der Waals surface area contributed by atoms with E-state index in [1.165, 1.54) is 11.1 Å². The molecule has 3 aromatic rings. The van der Waals surface area contributed by atoms with Gasteiger partial charge in [-0.3, -0.25) is 4.98 Å². The highest BCUT2D eigenvalue weighted by Crippen LogP contribution is 2.46. The van der Waals surface area contributed by atoms with Crippen LogP contribution in [0.4, 0.5) is 0 Å². The number of hydrogen-bond donors (Lipinski definition) is 1. The third kappa shape index (κ3) is 5.88. The van der Waals surface area contributed by atoms with Crippen LogP contribution in [0.2, 0.25) is 10.0 Å². The molecule has 1 aliphatic carbocycles. The molecule has 0 saturated heterocycles. The van der Waals surface area contributed by atoms with Crippen LogP contribution in [0.25, 0.3) is 11.3 Å². The van der Waals surface area contributed by atoms with Gasteiger partial charge < -0.3 is 10.5 Å². The molecule has 0 radical (unpaired) electrons. The van der Waals surface area contributed by atoms with Gasteiger partial charge in [-0.2, -0.15) is 0 Å². The molecule has 3 unspecified atom stereocenters. The molecule has 4 nitrogen and oxygen atoms in total. The normalized spacial score (nSPS) is 18.9. The van der Waals surface area contributed by atoms with Crippen LogP contribution in [-0.2, 0) is 24.0 Å². The summed E-state index contributed by atoms with van der Waals surface area (Å²) < 4.78 is 5.97. The van der Waals surface area contributed by atoms with Gasteiger partial charge in [0.05, 0.1) is 27.8 Å². The molecule has 4 rings (SSSR count). The van der Waals surface area contributed by atoms with Gasteiger partial charge in [0.2, 0.25) is 0 Å². The average Bonchev–Trinajstić information content (AvgIpc) is 2.92. The fourth-order valence-corrected chi connectivity index (χ4v) is 6.55. The molecule has 0 bridgehead atoms. The van der Waals surface area contributed by atoms with Crippen LogP contribution in [0.1, 0.15) is 74.2 Å². The monoisotopic (exact) mass is 539 g/mol. The SMILES string of the molecule is CCOCC1CCc2ccccc2[C@@H]1C(CN)C(C)c1nc(CC)c(-c2ccc(Cl)cc2Cl)nc1CC. The lowest BCUT2D eigenvalue weighted by molar-refractivity contribution is 0.0787. The van der Waals surface area contributed by atoms with Crippen molar-refractivity contribution in [1.29, 1.82) is 0 Å². The third-order valence-corrected chi connectivity index (χ3v) is 8.52. The van der Waals surface area contributed by atoms with Gasteiger partial charge >= 0.3 is 0 Å². The number of hydrogen-bond acceptors (Lipinski definition) is 4. The lowest BCUT2D eigenvalue weighted by Gasteiger charge is -2.41. The van der Waals surface area contributed by atoms with Crippen molar-refractivity contribution < 1.29 is 4.74 Å². The number of nitrogens with zero attached hydrogens (tertiary/aromatic N) is 2. The van der Waals surface area contributed by atoms with E-state index >= 15 is 0 Å². The molecule has 198 valence electrons. The van der Waals surface area contributed by atoms with Crippen LogP contribution < -0.4 is 5.73 Å². The van der Waals surface area contributed by atoms with Gasteiger partial charge in [-0.25, -0.2) is 4.98 Å². The second-order valence-electron chi connectivity index (χ2n) is 10.1. The molecular formula is C31H39Cl2N3O. The highest BCUT2D eigenvalue weighted by Gasteiger charge is 2.38. The zero-order valence-electron chi connectivity index (χ0n) is 22.4. The molecular weight excluding hydrogens is 501 g/mol. The Morgan fingerprint density at radius 2 is 1.78 bits per heavy atom.